The van der Waals surface area contributed by atoms with Crippen molar-refractivity contribution < 1.29 is 9.53 Å². The van der Waals surface area contributed by atoms with E-state index in [0.717, 1.165) is 10.2 Å². The average molecular weight is 319 g/mol. The number of esters is 1. The van der Waals surface area contributed by atoms with Crippen molar-refractivity contribution in [2.24, 2.45) is 0 Å². The van der Waals surface area contributed by atoms with E-state index >= 15 is 0 Å². The van der Waals surface area contributed by atoms with Gasteiger partial charge in [-0.2, -0.15) is 0 Å². The third-order valence-electron chi connectivity index (χ3n) is 1.99. The Morgan fingerprint density at radius 2 is 2.29 bits per heavy atom. The number of nitrogens with one attached hydrogen (secondary N) is 1. The molecule has 0 aliphatic heterocycles. The van der Waals surface area contributed by atoms with E-state index in [-0.39, 0.29) is 5.97 Å². The van der Waals surface area contributed by atoms with Crippen LogP contribution < -0.4 is 5.32 Å². The van der Waals surface area contributed by atoms with Crippen LogP contribution in [0, 0.1) is 0 Å². The zero-order valence-corrected chi connectivity index (χ0v) is 11.8. The Hall–Kier alpha value is -1.00. The monoisotopic (exact) mass is 317 g/mol. The van der Waals surface area contributed by atoms with Gasteiger partial charge in [-0.05, 0) is 41.1 Å². The lowest BCUT2D eigenvalue weighted by Crippen LogP contribution is -2.14. The van der Waals surface area contributed by atoms with Gasteiger partial charge in [0, 0.05) is 27.3 Å². The number of carbonyl (C=O) groups excluding carboxylic acids is 1. The highest BCUT2D eigenvalue weighted by molar-refractivity contribution is 9.10. The smallest absolute Gasteiger partial charge is 0.335 e. The van der Waals surface area contributed by atoms with Crippen LogP contribution in [0.4, 0.5) is 5.69 Å². The van der Waals surface area contributed by atoms with Gasteiger partial charge in [-0.25, -0.2) is 4.79 Å². The first-order valence-corrected chi connectivity index (χ1v) is 6.25. The highest BCUT2D eigenvalue weighted by Gasteiger charge is 2.08. The molecule has 0 unspecified atom stereocenters. The molecule has 0 bridgehead atoms. The first kappa shape index (κ1) is 14.1. The predicted molar refractivity (Wildman–Crippen MR) is 73.4 cm³/mol. The maximum atomic E-state index is 11.3. The summed E-state index contributed by atoms with van der Waals surface area (Å²) in [7, 11) is 0. The number of halogens is 2. The van der Waals surface area contributed by atoms with E-state index in [1.165, 1.54) is 0 Å². The van der Waals surface area contributed by atoms with Crippen molar-refractivity contribution in [3.8, 4) is 0 Å². The molecule has 17 heavy (non-hydrogen) atoms. The fourth-order valence-electron chi connectivity index (χ4n) is 1.14. The van der Waals surface area contributed by atoms with Gasteiger partial charge in [-0.3, -0.25) is 0 Å². The van der Waals surface area contributed by atoms with Crippen LogP contribution in [0.5, 0.6) is 0 Å². The van der Waals surface area contributed by atoms with Gasteiger partial charge in [0.15, 0.2) is 0 Å². The molecule has 1 rings (SSSR count). The average Bonchev–Trinajstić information content (AvgIpc) is 2.27. The van der Waals surface area contributed by atoms with Crippen molar-refractivity contribution in [2.75, 3.05) is 18.5 Å². The standard InChI is InChI=1S/C12H13BrClNO2/c1-3-17-12(16)8(2)7-15-11-5-4-9(14)6-10(11)13/h4-6,15H,2-3,7H2,1H3. The topological polar surface area (TPSA) is 38.3 Å². The van der Waals surface area contributed by atoms with Crippen molar-refractivity contribution >= 4 is 39.2 Å². The van der Waals surface area contributed by atoms with Gasteiger partial charge in [-0.15, -0.1) is 0 Å². The van der Waals surface area contributed by atoms with E-state index in [4.69, 9.17) is 16.3 Å². The zero-order valence-electron chi connectivity index (χ0n) is 9.43. The van der Waals surface area contributed by atoms with Gasteiger partial charge in [0.05, 0.1) is 6.61 Å². The van der Waals surface area contributed by atoms with Crippen LogP contribution in [-0.2, 0) is 9.53 Å². The largest absolute Gasteiger partial charge is 0.463 e. The number of anilines is 1. The normalized spacial score (nSPS) is 9.82. The molecule has 1 N–H and O–H groups in total. The Labute approximate surface area is 114 Å². The minimum absolute atomic E-state index is 0.332. The molecule has 0 spiro atoms. The van der Waals surface area contributed by atoms with Crippen molar-refractivity contribution in [2.45, 2.75) is 6.92 Å². The molecule has 0 saturated heterocycles. The lowest BCUT2D eigenvalue weighted by Gasteiger charge is -2.10. The molecule has 0 fully saturated rings. The van der Waals surface area contributed by atoms with E-state index in [2.05, 4.69) is 27.8 Å². The van der Waals surface area contributed by atoms with Crippen molar-refractivity contribution in [3.63, 3.8) is 0 Å². The molecular weight excluding hydrogens is 305 g/mol. The summed E-state index contributed by atoms with van der Waals surface area (Å²) in [5, 5.41) is 3.72. The Morgan fingerprint density at radius 1 is 1.59 bits per heavy atom. The Balaban J connectivity index is 2.56. The first-order valence-electron chi connectivity index (χ1n) is 5.08. The molecule has 5 heteroatoms. The summed E-state index contributed by atoms with van der Waals surface area (Å²) in [6.07, 6.45) is 0. The number of rotatable bonds is 5. The van der Waals surface area contributed by atoms with Crippen LogP contribution >= 0.6 is 27.5 Å². The first-order chi connectivity index (χ1) is 8.04. The molecule has 0 heterocycles. The van der Waals surface area contributed by atoms with Gasteiger partial charge >= 0.3 is 5.97 Å². The molecule has 0 saturated carbocycles. The molecule has 3 nitrogen and oxygen atoms in total. The summed E-state index contributed by atoms with van der Waals surface area (Å²) in [5.74, 6) is -0.384. The molecule has 0 aliphatic rings. The zero-order chi connectivity index (χ0) is 12.8. The van der Waals surface area contributed by atoms with Crippen LogP contribution in [0.2, 0.25) is 5.02 Å². The summed E-state index contributed by atoms with van der Waals surface area (Å²) in [5.41, 5.74) is 1.23. The fraction of sp³-hybridized carbons (Fsp3) is 0.250. The van der Waals surface area contributed by atoms with Crippen LogP contribution in [0.25, 0.3) is 0 Å². The number of ether oxygens (including phenoxy) is 1. The highest BCUT2D eigenvalue weighted by Crippen LogP contribution is 2.25. The van der Waals surface area contributed by atoms with Gasteiger partial charge in [-0.1, -0.05) is 18.2 Å². The number of carbonyl (C=O) groups is 1. The van der Waals surface area contributed by atoms with Crippen LogP contribution in [0.3, 0.4) is 0 Å². The summed E-state index contributed by atoms with van der Waals surface area (Å²) in [4.78, 5) is 11.3. The second kappa shape index (κ2) is 6.67. The maximum Gasteiger partial charge on any atom is 0.335 e. The maximum absolute atomic E-state index is 11.3. The van der Waals surface area contributed by atoms with Gasteiger partial charge in [0.25, 0.3) is 0 Å². The summed E-state index contributed by atoms with van der Waals surface area (Å²) < 4.78 is 5.67. The Bertz CT molecular complexity index is 435. The van der Waals surface area contributed by atoms with Crippen molar-refractivity contribution in [1.29, 1.82) is 0 Å². The van der Waals surface area contributed by atoms with E-state index < -0.39 is 0 Å². The minimum atomic E-state index is -0.384. The molecule has 0 radical (unpaired) electrons. The third-order valence-corrected chi connectivity index (χ3v) is 2.88. The molecule has 92 valence electrons. The second-order valence-corrected chi connectivity index (χ2v) is 4.59. The Kier molecular flexibility index (Phi) is 5.51. The number of hydrogen-bond acceptors (Lipinski definition) is 3. The fourth-order valence-corrected chi connectivity index (χ4v) is 1.96. The summed E-state index contributed by atoms with van der Waals surface area (Å²) in [6, 6.07) is 5.36. The van der Waals surface area contributed by atoms with E-state index in [0.29, 0.717) is 23.7 Å². The number of benzene rings is 1. The quantitative estimate of drug-likeness (QED) is 0.665. The van der Waals surface area contributed by atoms with Crippen LogP contribution in [0.1, 0.15) is 6.92 Å². The van der Waals surface area contributed by atoms with Gasteiger partial charge < -0.3 is 10.1 Å². The minimum Gasteiger partial charge on any atom is -0.463 e. The molecular formula is C12H13BrClNO2. The van der Waals surface area contributed by atoms with Crippen LogP contribution in [0.15, 0.2) is 34.8 Å². The summed E-state index contributed by atoms with van der Waals surface area (Å²) >= 11 is 9.19. The van der Waals surface area contributed by atoms with Gasteiger partial charge in [0.1, 0.15) is 0 Å². The lowest BCUT2D eigenvalue weighted by molar-refractivity contribution is -0.138. The Morgan fingerprint density at radius 3 is 2.88 bits per heavy atom. The SMILES string of the molecule is C=C(CNc1ccc(Cl)cc1Br)C(=O)OCC. The van der Waals surface area contributed by atoms with E-state index in [1.807, 2.05) is 6.07 Å². The molecule has 0 amide bonds. The molecule has 1 aromatic rings. The molecule has 0 atom stereocenters. The van der Waals surface area contributed by atoms with E-state index in [1.54, 1.807) is 19.1 Å². The second-order valence-electron chi connectivity index (χ2n) is 3.30. The van der Waals surface area contributed by atoms with Crippen molar-refractivity contribution in [1.82, 2.24) is 0 Å². The number of hydrogen-bond donors (Lipinski definition) is 1. The molecule has 0 aliphatic carbocycles. The summed E-state index contributed by atoms with van der Waals surface area (Å²) in [6.45, 7) is 6.10. The third kappa shape index (κ3) is 4.40. The van der Waals surface area contributed by atoms with Crippen molar-refractivity contribution in [3.05, 3.63) is 39.8 Å². The van der Waals surface area contributed by atoms with E-state index in [9.17, 15) is 4.79 Å². The predicted octanol–water partition coefficient (Wildman–Crippen LogP) is 3.63. The molecule has 0 aromatic heterocycles. The highest BCUT2D eigenvalue weighted by atomic mass is 79.9. The van der Waals surface area contributed by atoms with Crippen LogP contribution in [-0.4, -0.2) is 19.1 Å². The molecule has 1 aromatic carbocycles. The lowest BCUT2D eigenvalue weighted by atomic mass is 10.2. The van der Waals surface area contributed by atoms with Gasteiger partial charge in [0.2, 0.25) is 0 Å².